The van der Waals surface area contributed by atoms with E-state index in [4.69, 9.17) is 9.47 Å². The van der Waals surface area contributed by atoms with Gasteiger partial charge < -0.3 is 19.4 Å². The van der Waals surface area contributed by atoms with Gasteiger partial charge in [-0.1, -0.05) is 60.3 Å². The van der Waals surface area contributed by atoms with Gasteiger partial charge in [-0.15, -0.1) is 28.1 Å². The number of thioether (sulfide) groups is 1. The molecule has 4 rings (SSSR count). The van der Waals surface area contributed by atoms with Gasteiger partial charge >= 0.3 is 5.97 Å². The molecule has 0 unspecified atom stereocenters. The van der Waals surface area contributed by atoms with Crippen LogP contribution >= 0.6 is 23.1 Å². The molecule has 0 spiro atoms. The average molecular weight is 549 g/mol. The summed E-state index contributed by atoms with van der Waals surface area (Å²) in [6, 6.07) is 17.4. The van der Waals surface area contributed by atoms with Crippen molar-refractivity contribution in [1.82, 2.24) is 14.8 Å². The molecule has 1 N–H and O–H groups in total. The number of aromatic nitrogens is 3. The van der Waals surface area contributed by atoms with Gasteiger partial charge in [0.15, 0.2) is 5.16 Å². The minimum atomic E-state index is -0.495. The van der Waals surface area contributed by atoms with Crippen LogP contribution in [0.15, 0.2) is 72.4 Å². The Morgan fingerprint density at radius 1 is 1.11 bits per heavy atom. The van der Waals surface area contributed by atoms with Crippen LogP contribution in [0.5, 0.6) is 5.75 Å². The van der Waals surface area contributed by atoms with Crippen LogP contribution in [-0.4, -0.2) is 46.6 Å². The van der Waals surface area contributed by atoms with Crippen LogP contribution in [0.1, 0.15) is 26.6 Å². The summed E-state index contributed by atoms with van der Waals surface area (Å²) in [5, 5.41) is 12.6. The van der Waals surface area contributed by atoms with E-state index in [1.54, 1.807) is 13.2 Å². The lowest BCUT2D eigenvalue weighted by atomic mass is 10.0. The number of anilines is 1. The topological polar surface area (TPSA) is 95.3 Å². The molecule has 0 saturated carbocycles. The van der Waals surface area contributed by atoms with E-state index >= 15 is 0 Å². The summed E-state index contributed by atoms with van der Waals surface area (Å²) in [7, 11) is 2.97. The van der Waals surface area contributed by atoms with Crippen molar-refractivity contribution in [3.63, 3.8) is 0 Å². The lowest BCUT2D eigenvalue weighted by molar-refractivity contribution is -0.113. The van der Waals surface area contributed by atoms with Crippen molar-refractivity contribution in [2.45, 2.75) is 25.0 Å². The average Bonchev–Trinajstić information content (AvgIpc) is 3.47. The summed E-state index contributed by atoms with van der Waals surface area (Å²) in [4.78, 5) is 26.6. The highest BCUT2D eigenvalue weighted by Gasteiger charge is 2.25. The number of methoxy groups -OCH3 is 2. The number of amides is 1. The lowest BCUT2D eigenvalue weighted by Crippen LogP contribution is -2.16. The smallest absolute Gasteiger partial charge is 0.341 e. The Kier molecular flexibility index (Phi) is 8.98. The van der Waals surface area contributed by atoms with Crippen LogP contribution in [0.25, 0.3) is 11.1 Å². The molecule has 196 valence electrons. The van der Waals surface area contributed by atoms with E-state index in [-0.39, 0.29) is 11.7 Å². The predicted molar refractivity (Wildman–Crippen MR) is 151 cm³/mol. The maximum Gasteiger partial charge on any atom is 0.341 e. The fraction of sp³-hybridized carbons (Fsp3) is 0.214. The number of nitrogens with zero attached hydrogens (tertiary/aromatic N) is 3. The molecule has 2 aromatic heterocycles. The zero-order valence-corrected chi connectivity index (χ0v) is 23.0. The molecule has 0 radical (unpaired) electrons. The minimum absolute atomic E-state index is 0.0933. The van der Waals surface area contributed by atoms with Gasteiger partial charge in [-0.25, -0.2) is 4.79 Å². The van der Waals surface area contributed by atoms with Crippen molar-refractivity contribution in [1.29, 1.82) is 0 Å². The Bertz CT molecular complexity index is 1430. The minimum Gasteiger partial charge on any atom is -0.497 e. The Labute approximate surface area is 229 Å². The summed E-state index contributed by atoms with van der Waals surface area (Å²) in [5.41, 5.74) is 3.07. The summed E-state index contributed by atoms with van der Waals surface area (Å²) in [6.45, 7) is 6.28. The van der Waals surface area contributed by atoms with Gasteiger partial charge in [0, 0.05) is 23.4 Å². The Morgan fingerprint density at radius 2 is 1.84 bits per heavy atom. The number of allylic oxidation sites excluding steroid dienone is 1. The van der Waals surface area contributed by atoms with Gasteiger partial charge in [-0.05, 0) is 30.2 Å². The van der Waals surface area contributed by atoms with Crippen LogP contribution in [0.2, 0.25) is 0 Å². The number of benzene rings is 2. The van der Waals surface area contributed by atoms with Gasteiger partial charge in [-0.3, -0.25) is 4.79 Å². The van der Waals surface area contributed by atoms with Crippen molar-refractivity contribution in [2.24, 2.45) is 0 Å². The zero-order chi connectivity index (χ0) is 27.1. The summed E-state index contributed by atoms with van der Waals surface area (Å²) < 4.78 is 12.2. The highest BCUT2D eigenvalue weighted by atomic mass is 32.2. The maximum absolute atomic E-state index is 13.0. The number of hydrogen-bond donors (Lipinski definition) is 1. The first-order chi connectivity index (χ1) is 18.4. The lowest BCUT2D eigenvalue weighted by Gasteiger charge is -2.09. The van der Waals surface area contributed by atoms with Crippen molar-refractivity contribution >= 4 is 40.0 Å². The first-order valence-electron chi connectivity index (χ1n) is 11.8. The SMILES string of the molecule is C=CCn1c(Cc2ccc(OC)cc2)nnc1SCC(=O)Nc1sc(C)c(-c2ccccc2)c1C(=O)OC. The Balaban J connectivity index is 1.49. The van der Waals surface area contributed by atoms with Gasteiger partial charge in [0.25, 0.3) is 0 Å². The van der Waals surface area contributed by atoms with Crippen molar-refractivity contribution in [3.8, 4) is 16.9 Å². The van der Waals surface area contributed by atoms with Crippen LogP contribution in [-0.2, 0) is 22.5 Å². The summed E-state index contributed by atoms with van der Waals surface area (Å²) in [5.74, 6) is 0.898. The second-order valence-electron chi connectivity index (χ2n) is 8.25. The van der Waals surface area contributed by atoms with Crippen LogP contribution in [0, 0.1) is 6.92 Å². The van der Waals surface area contributed by atoms with Gasteiger partial charge in [0.1, 0.15) is 22.1 Å². The molecule has 2 heterocycles. The quantitative estimate of drug-likeness (QED) is 0.148. The van der Waals surface area contributed by atoms with Crippen LogP contribution in [0.3, 0.4) is 0 Å². The largest absolute Gasteiger partial charge is 0.497 e. The number of aryl methyl sites for hydroxylation is 1. The number of esters is 1. The standard InChI is InChI=1S/C28H28N4O4S2/c1-5-15-32-22(16-19-11-13-21(35-3)14-12-19)30-31-28(32)37-17-23(33)29-26-25(27(34)36-4)24(18(2)38-26)20-9-7-6-8-10-20/h5-14H,1,15-17H2,2-4H3,(H,29,33). The first kappa shape index (κ1) is 27.2. The predicted octanol–water partition coefficient (Wildman–Crippen LogP) is 5.62. The Morgan fingerprint density at radius 3 is 2.50 bits per heavy atom. The van der Waals surface area contributed by atoms with E-state index in [1.807, 2.05) is 66.1 Å². The van der Waals surface area contributed by atoms with E-state index < -0.39 is 5.97 Å². The molecular formula is C28H28N4O4S2. The van der Waals surface area contributed by atoms with Crippen molar-refractivity contribution < 1.29 is 19.1 Å². The second-order valence-corrected chi connectivity index (χ2v) is 10.4. The van der Waals surface area contributed by atoms with Gasteiger partial charge in [0.2, 0.25) is 5.91 Å². The first-order valence-corrected chi connectivity index (χ1v) is 13.6. The molecule has 0 aliphatic rings. The number of carbonyl (C=O) groups is 2. The van der Waals surface area contributed by atoms with E-state index in [0.717, 1.165) is 33.1 Å². The highest BCUT2D eigenvalue weighted by Crippen LogP contribution is 2.40. The number of nitrogens with one attached hydrogen (secondary N) is 1. The molecule has 1 amide bonds. The zero-order valence-electron chi connectivity index (χ0n) is 21.4. The summed E-state index contributed by atoms with van der Waals surface area (Å²) >= 11 is 2.63. The number of rotatable bonds is 11. The number of hydrogen-bond acceptors (Lipinski definition) is 8. The molecule has 38 heavy (non-hydrogen) atoms. The molecular weight excluding hydrogens is 520 g/mol. The van der Waals surface area contributed by atoms with E-state index in [9.17, 15) is 9.59 Å². The summed E-state index contributed by atoms with van der Waals surface area (Å²) in [6.07, 6.45) is 2.35. The van der Waals surface area contributed by atoms with Gasteiger partial charge in [0.05, 0.1) is 20.0 Å². The van der Waals surface area contributed by atoms with Crippen molar-refractivity contribution in [3.05, 3.63) is 89.1 Å². The van der Waals surface area contributed by atoms with E-state index in [2.05, 4.69) is 22.1 Å². The molecule has 0 bridgehead atoms. The van der Waals surface area contributed by atoms with Crippen LogP contribution < -0.4 is 10.1 Å². The molecule has 0 aliphatic carbocycles. The molecule has 0 saturated heterocycles. The van der Waals surface area contributed by atoms with E-state index in [1.165, 1.54) is 30.2 Å². The molecule has 2 aromatic carbocycles. The number of thiophene rings is 1. The monoisotopic (exact) mass is 548 g/mol. The van der Waals surface area contributed by atoms with E-state index in [0.29, 0.717) is 28.7 Å². The molecule has 10 heteroatoms. The number of carbonyl (C=O) groups excluding carboxylic acids is 2. The molecule has 8 nitrogen and oxygen atoms in total. The maximum atomic E-state index is 13.0. The van der Waals surface area contributed by atoms with Crippen molar-refractivity contribution in [2.75, 3.05) is 25.3 Å². The highest BCUT2D eigenvalue weighted by molar-refractivity contribution is 7.99. The Hall–Kier alpha value is -3.89. The fourth-order valence-electron chi connectivity index (χ4n) is 3.97. The third kappa shape index (κ3) is 6.15. The molecule has 0 fully saturated rings. The third-order valence-electron chi connectivity index (χ3n) is 5.75. The molecule has 0 atom stereocenters. The fourth-order valence-corrected chi connectivity index (χ4v) is 5.82. The third-order valence-corrected chi connectivity index (χ3v) is 7.74. The van der Waals surface area contributed by atoms with Crippen LogP contribution in [0.4, 0.5) is 5.00 Å². The molecule has 4 aromatic rings. The normalized spacial score (nSPS) is 10.7. The van der Waals surface area contributed by atoms with Gasteiger partial charge in [-0.2, -0.15) is 0 Å². The molecule has 0 aliphatic heterocycles. The second kappa shape index (κ2) is 12.6. The number of ether oxygens (including phenoxy) is 2.